The van der Waals surface area contributed by atoms with Crippen molar-refractivity contribution in [3.63, 3.8) is 0 Å². The quantitative estimate of drug-likeness (QED) is 0.748. The van der Waals surface area contributed by atoms with Crippen LogP contribution in [-0.2, 0) is 0 Å². The van der Waals surface area contributed by atoms with E-state index in [2.05, 4.69) is 4.90 Å². The van der Waals surface area contributed by atoms with Gasteiger partial charge in [0, 0.05) is 23.1 Å². The Kier molecular flexibility index (Phi) is 3.62. The first-order valence-corrected chi connectivity index (χ1v) is 8.36. The molecule has 1 atom stereocenters. The third-order valence-electron chi connectivity index (χ3n) is 5.76. The fourth-order valence-electron chi connectivity index (χ4n) is 4.58. The molecule has 0 aliphatic carbocycles. The topological polar surface area (TPSA) is 40.6 Å². The van der Waals surface area contributed by atoms with E-state index in [-0.39, 0.29) is 30.3 Å². The molecule has 0 N–H and O–H groups in total. The predicted molar refractivity (Wildman–Crippen MR) is 94.6 cm³/mol. The Morgan fingerprint density at radius 1 is 0.875 bits per heavy atom. The van der Waals surface area contributed by atoms with Crippen molar-refractivity contribution in [1.29, 1.82) is 0 Å². The second-order valence-electron chi connectivity index (χ2n) is 6.89. The number of benzene rings is 2. The van der Waals surface area contributed by atoms with E-state index in [0.29, 0.717) is 17.0 Å². The molecule has 4 aliphatic heterocycles. The summed E-state index contributed by atoms with van der Waals surface area (Å²) in [5.74, 6) is 0.230. The van der Waals surface area contributed by atoms with Gasteiger partial charge in [0.2, 0.25) is 0 Å². The van der Waals surface area contributed by atoms with Gasteiger partial charge in [-0.25, -0.2) is 0 Å². The molecule has 0 spiro atoms. The molecule has 4 nitrogen and oxygen atoms in total. The van der Waals surface area contributed by atoms with Gasteiger partial charge in [-0.05, 0) is 49.4 Å². The van der Waals surface area contributed by atoms with Crippen LogP contribution in [0.25, 0.3) is 10.8 Å². The first-order valence-electron chi connectivity index (χ1n) is 8.36. The predicted octanol–water partition coefficient (Wildman–Crippen LogP) is 2.95. The first kappa shape index (κ1) is 15.6. The van der Waals surface area contributed by atoms with E-state index in [0.717, 1.165) is 43.2 Å². The fraction of sp³-hybridized carbons (Fsp3) is 0.368. The molecule has 5 heteroatoms. The molecular formula is C19H19ClN2O2. The molecule has 0 aromatic heterocycles. The zero-order valence-corrected chi connectivity index (χ0v) is 14.1. The van der Waals surface area contributed by atoms with Gasteiger partial charge in [0.25, 0.3) is 11.8 Å². The summed E-state index contributed by atoms with van der Waals surface area (Å²) in [5, 5.41) is 1.79. The number of piperidine rings is 3. The van der Waals surface area contributed by atoms with E-state index in [1.54, 1.807) is 4.90 Å². The summed E-state index contributed by atoms with van der Waals surface area (Å²) in [6.45, 7) is 3.04. The number of carbonyl (C=O) groups excluding carboxylic acids is 2. The summed E-state index contributed by atoms with van der Waals surface area (Å²) in [6.07, 6.45) is 2.18. The Morgan fingerprint density at radius 2 is 1.46 bits per heavy atom. The number of hydrogen-bond donors (Lipinski definition) is 0. The minimum atomic E-state index is -0.113. The van der Waals surface area contributed by atoms with Crippen LogP contribution in [0.2, 0.25) is 0 Å². The lowest BCUT2D eigenvalue weighted by Crippen LogP contribution is -2.60. The smallest absolute Gasteiger partial charge is 0.261 e. The van der Waals surface area contributed by atoms with Gasteiger partial charge < -0.3 is 4.90 Å². The second kappa shape index (κ2) is 5.57. The minimum absolute atomic E-state index is 0. The monoisotopic (exact) mass is 342 g/mol. The summed E-state index contributed by atoms with van der Waals surface area (Å²) in [5.41, 5.74) is 1.35. The van der Waals surface area contributed by atoms with Crippen molar-refractivity contribution >= 4 is 35.0 Å². The van der Waals surface area contributed by atoms with E-state index >= 15 is 0 Å². The van der Waals surface area contributed by atoms with Crippen LogP contribution in [0.15, 0.2) is 36.4 Å². The van der Waals surface area contributed by atoms with Crippen LogP contribution in [0.1, 0.15) is 33.6 Å². The van der Waals surface area contributed by atoms with Crippen molar-refractivity contribution in [3.8, 4) is 0 Å². The molecule has 3 saturated heterocycles. The third kappa shape index (κ3) is 2.03. The molecule has 2 bridgehead atoms. The largest absolute Gasteiger partial charge is 0.301 e. The van der Waals surface area contributed by atoms with Gasteiger partial charge in [-0.2, -0.15) is 0 Å². The van der Waals surface area contributed by atoms with Crippen molar-refractivity contribution in [2.45, 2.75) is 18.9 Å². The summed E-state index contributed by atoms with van der Waals surface area (Å²) in [4.78, 5) is 30.1. The van der Waals surface area contributed by atoms with E-state index in [4.69, 9.17) is 0 Å². The minimum Gasteiger partial charge on any atom is -0.301 e. The number of halogens is 1. The number of hydrogen-bond acceptors (Lipinski definition) is 3. The summed E-state index contributed by atoms with van der Waals surface area (Å²) in [6, 6.07) is 11.5. The molecule has 4 aliphatic rings. The molecule has 24 heavy (non-hydrogen) atoms. The molecule has 2 aromatic carbocycles. The fourth-order valence-corrected chi connectivity index (χ4v) is 4.58. The second-order valence-corrected chi connectivity index (χ2v) is 6.89. The van der Waals surface area contributed by atoms with E-state index in [9.17, 15) is 9.59 Å². The number of nitrogens with zero attached hydrogens (tertiary/aromatic N) is 2. The van der Waals surface area contributed by atoms with E-state index in [1.807, 2.05) is 36.4 Å². The molecule has 124 valence electrons. The highest BCUT2D eigenvalue weighted by Crippen LogP contribution is 2.36. The summed E-state index contributed by atoms with van der Waals surface area (Å²) >= 11 is 0. The third-order valence-corrected chi connectivity index (χ3v) is 5.76. The zero-order valence-electron chi connectivity index (χ0n) is 13.3. The highest BCUT2D eigenvalue weighted by Gasteiger charge is 2.44. The Labute approximate surface area is 146 Å². The molecule has 0 radical (unpaired) electrons. The Bertz CT molecular complexity index is 792. The maximum absolute atomic E-state index is 13.1. The van der Waals surface area contributed by atoms with Gasteiger partial charge in [0.1, 0.15) is 0 Å². The maximum atomic E-state index is 13.1. The first-order chi connectivity index (χ1) is 11.2. The van der Waals surface area contributed by atoms with Gasteiger partial charge in [-0.3, -0.25) is 14.5 Å². The highest BCUT2D eigenvalue weighted by molar-refractivity contribution is 6.25. The van der Waals surface area contributed by atoms with Gasteiger partial charge in [-0.1, -0.05) is 24.3 Å². The number of fused-ring (bicyclic) bond motifs is 3. The Balaban J connectivity index is 0.00000146. The van der Waals surface area contributed by atoms with Crippen molar-refractivity contribution in [3.05, 3.63) is 47.5 Å². The van der Waals surface area contributed by atoms with Crippen LogP contribution < -0.4 is 0 Å². The Morgan fingerprint density at radius 3 is 1.96 bits per heavy atom. The number of imide groups is 1. The van der Waals surface area contributed by atoms with Crippen LogP contribution in [0.3, 0.4) is 0 Å². The van der Waals surface area contributed by atoms with Crippen LogP contribution in [0, 0.1) is 5.92 Å². The average molecular weight is 343 g/mol. The van der Waals surface area contributed by atoms with Crippen molar-refractivity contribution in [2.75, 3.05) is 19.6 Å². The van der Waals surface area contributed by atoms with Gasteiger partial charge in [0.05, 0.1) is 6.04 Å². The number of rotatable bonds is 1. The summed E-state index contributed by atoms with van der Waals surface area (Å²) in [7, 11) is 0. The molecule has 2 aromatic rings. The maximum Gasteiger partial charge on any atom is 0.261 e. The average Bonchev–Trinajstić information content (AvgIpc) is 2.61. The Hall–Kier alpha value is -1.91. The molecule has 4 heterocycles. The van der Waals surface area contributed by atoms with Gasteiger partial charge >= 0.3 is 0 Å². The number of amides is 2. The molecule has 2 amide bonds. The molecule has 6 rings (SSSR count). The van der Waals surface area contributed by atoms with Crippen LogP contribution in [0.5, 0.6) is 0 Å². The molecule has 3 fully saturated rings. The van der Waals surface area contributed by atoms with E-state index < -0.39 is 0 Å². The van der Waals surface area contributed by atoms with Crippen molar-refractivity contribution in [1.82, 2.24) is 9.80 Å². The van der Waals surface area contributed by atoms with Gasteiger partial charge in [-0.15, -0.1) is 12.4 Å². The van der Waals surface area contributed by atoms with Crippen molar-refractivity contribution in [2.24, 2.45) is 5.92 Å². The van der Waals surface area contributed by atoms with Crippen LogP contribution in [0.4, 0.5) is 0 Å². The van der Waals surface area contributed by atoms with Crippen LogP contribution >= 0.6 is 12.4 Å². The SMILES string of the molecule is Cl.O=C1c2cccc3cccc(c23)C(=O)N1C1CN2CCC1CC2. The standard InChI is InChI=1S/C19H18N2O2.ClH/c22-18-14-5-1-3-13-4-2-6-15(17(13)14)19(23)21(18)16-11-20-9-7-12(16)8-10-20;/h1-6,12,16H,7-11H2;1H. The molecule has 0 saturated carbocycles. The number of carbonyl (C=O) groups is 2. The summed E-state index contributed by atoms with van der Waals surface area (Å²) < 4.78 is 0. The zero-order chi connectivity index (χ0) is 15.6. The lowest BCUT2D eigenvalue weighted by molar-refractivity contribution is 0.00882. The van der Waals surface area contributed by atoms with E-state index in [1.165, 1.54) is 0 Å². The molecule has 1 unspecified atom stereocenters. The van der Waals surface area contributed by atoms with Gasteiger partial charge in [0.15, 0.2) is 0 Å². The normalized spacial score (nSPS) is 28.2. The molecular weight excluding hydrogens is 324 g/mol. The highest BCUT2D eigenvalue weighted by atomic mass is 35.5. The van der Waals surface area contributed by atoms with Crippen molar-refractivity contribution < 1.29 is 9.59 Å². The van der Waals surface area contributed by atoms with Crippen LogP contribution in [-0.4, -0.2) is 47.3 Å². The lowest BCUT2D eigenvalue weighted by Gasteiger charge is -2.49. The lowest BCUT2D eigenvalue weighted by atomic mass is 9.81.